The summed E-state index contributed by atoms with van der Waals surface area (Å²) in [5.41, 5.74) is 4.46. The molecule has 2 heterocycles. The lowest BCUT2D eigenvalue weighted by molar-refractivity contribution is 0.432. The average molecular weight is 474 g/mol. The summed E-state index contributed by atoms with van der Waals surface area (Å²) in [7, 11) is 0. The topological polar surface area (TPSA) is 70.4 Å². The van der Waals surface area contributed by atoms with Crippen molar-refractivity contribution in [3.05, 3.63) is 129 Å². The molecule has 0 radical (unpaired) electrons. The number of H-pyrrole nitrogens is 1. The molecule has 0 saturated carbocycles. The number of rotatable bonds is 3. The van der Waals surface area contributed by atoms with Gasteiger partial charge in [-0.1, -0.05) is 84.9 Å². The molecule has 0 bridgehead atoms. The van der Waals surface area contributed by atoms with E-state index in [4.69, 9.17) is 17.2 Å². The van der Waals surface area contributed by atoms with Gasteiger partial charge in [-0.15, -0.1) is 0 Å². The van der Waals surface area contributed by atoms with E-state index in [2.05, 4.69) is 4.98 Å². The van der Waals surface area contributed by atoms with Crippen LogP contribution in [-0.2, 0) is 0 Å². The zero-order chi connectivity index (χ0) is 23.9. The number of para-hydroxylation sites is 1. The number of aromatic hydroxyl groups is 1. The Balaban J connectivity index is 1.61. The maximum absolute atomic E-state index is 13.1. The third-order valence-electron chi connectivity index (χ3n) is 6.15. The van der Waals surface area contributed by atoms with Gasteiger partial charge in [0, 0.05) is 22.1 Å². The van der Waals surface area contributed by atoms with E-state index in [1.54, 1.807) is 6.08 Å². The van der Waals surface area contributed by atoms with Gasteiger partial charge in [0.15, 0.2) is 4.77 Å². The van der Waals surface area contributed by atoms with Gasteiger partial charge >= 0.3 is 0 Å². The van der Waals surface area contributed by atoms with Crippen molar-refractivity contribution in [2.24, 2.45) is 4.99 Å². The van der Waals surface area contributed by atoms with E-state index in [-0.39, 0.29) is 16.2 Å². The van der Waals surface area contributed by atoms with E-state index < -0.39 is 5.56 Å². The molecule has 168 valence electrons. The summed E-state index contributed by atoms with van der Waals surface area (Å²) in [6, 6.07) is 31.2. The Morgan fingerprint density at radius 2 is 1.57 bits per heavy atom. The van der Waals surface area contributed by atoms with Crippen LogP contribution in [0.5, 0.6) is 5.88 Å². The predicted octanol–water partition coefficient (Wildman–Crippen LogP) is 6.43. The summed E-state index contributed by atoms with van der Waals surface area (Å²) in [5.74, 6) is -0.223. The molecule has 1 aliphatic heterocycles. The molecular weight excluding hydrogens is 454 g/mol. The second-order valence-electron chi connectivity index (χ2n) is 8.23. The number of aromatic amines is 1. The van der Waals surface area contributed by atoms with Gasteiger partial charge in [-0.25, -0.2) is 4.99 Å². The first kappa shape index (κ1) is 21.0. The SMILES string of the molecule is O=c1[nH]c(=S)n(-c2cccc3ccccc23)c(O)c1C=C1C(c2ccccc2)=Nc2ccccc21. The fourth-order valence-electron chi connectivity index (χ4n) is 4.51. The number of benzene rings is 4. The summed E-state index contributed by atoms with van der Waals surface area (Å²) in [6.45, 7) is 0. The molecular formula is C29H19N3O2S. The summed E-state index contributed by atoms with van der Waals surface area (Å²) in [4.78, 5) is 20.6. The molecule has 0 aliphatic carbocycles. The van der Waals surface area contributed by atoms with Gasteiger partial charge in [0.1, 0.15) is 5.56 Å². The van der Waals surface area contributed by atoms with Gasteiger partial charge < -0.3 is 5.11 Å². The van der Waals surface area contributed by atoms with Crippen LogP contribution in [0.25, 0.3) is 28.1 Å². The minimum Gasteiger partial charge on any atom is -0.494 e. The first-order valence-corrected chi connectivity index (χ1v) is 11.5. The summed E-state index contributed by atoms with van der Waals surface area (Å²) in [5, 5.41) is 13.3. The molecule has 2 N–H and O–H groups in total. The minimum atomic E-state index is -0.465. The number of nitrogens with zero attached hydrogens (tertiary/aromatic N) is 2. The fraction of sp³-hybridized carbons (Fsp3) is 0. The maximum Gasteiger partial charge on any atom is 0.262 e. The third-order valence-corrected chi connectivity index (χ3v) is 6.43. The Labute approximate surface area is 206 Å². The second-order valence-corrected chi connectivity index (χ2v) is 8.62. The molecule has 6 heteroatoms. The molecule has 5 aromatic rings. The number of hydrogen-bond donors (Lipinski definition) is 2. The molecule has 1 aliphatic rings. The fourth-order valence-corrected chi connectivity index (χ4v) is 4.79. The van der Waals surface area contributed by atoms with Crippen molar-refractivity contribution >= 4 is 46.0 Å². The zero-order valence-corrected chi connectivity index (χ0v) is 19.3. The zero-order valence-electron chi connectivity index (χ0n) is 18.5. The van der Waals surface area contributed by atoms with Crippen molar-refractivity contribution in [2.75, 3.05) is 0 Å². The van der Waals surface area contributed by atoms with Gasteiger partial charge in [0.25, 0.3) is 5.56 Å². The molecule has 0 fully saturated rings. The third kappa shape index (κ3) is 3.52. The van der Waals surface area contributed by atoms with Crippen molar-refractivity contribution in [1.29, 1.82) is 0 Å². The van der Waals surface area contributed by atoms with Crippen LogP contribution >= 0.6 is 12.2 Å². The molecule has 1 aromatic heterocycles. The van der Waals surface area contributed by atoms with Gasteiger partial charge in [0.05, 0.1) is 17.1 Å². The molecule has 0 saturated heterocycles. The predicted molar refractivity (Wildman–Crippen MR) is 143 cm³/mol. The highest BCUT2D eigenvalue weighted by Gasteiger charge is 2.24. The quantitative estimate of drug-likeness (QED) is 0.297. The average Bonchev–Trinajstić information content (AvgIpc) is 3.25. The number of allylic oxidation sites excluding steroid dienone is 1. The lowest BCUT2D eigenvalue weighted by atomic mass is 9.96. The van der Waals surface area contributed by atoms with E-state index in [1.165, 1.54) is 4.57 Å². The number of aliphatic imine (C=N–C) groups is 1. The lowest BCUT2D eigenvalue weighted by Gasteiger charge is -2.14. The van der Waals surface area contributed by atoms with E-state index in [0.29, 0.717) is 5.69 Å². The highest BCUT2D eigenvalue weighted by molar-refractivity contribution is 7.71. The maximum atomic E-state index is 13.1. The van der Waals surface area contributed by atoms with Crippen LogP contribution in [0.3, 0.4) is 0 Å². The standard InChI is InChI=1S/C29H19N3O2S/c33-27-23(17-22-21-14-6-7-15-24(21)30-26(22)19-10-2-1-3-11-19)28(34)32(29(35)31-27)25-16-8-12-18-9-4-5-13-20(18)25/h1-17,34H,(H,31,33,35). The normalized spacial score (nSPS) is 13.7. The largest absolute Gasteiger partial charge is 0.494 e. The van der Waals surface area contributed by atoms with Crippen LogP contribution in [0.2, 0.25) is 0 Å². The van der Waals surface area contributed by atoms with Crippen LogP contribution in [0.15, 0.2) is 107 Å². The van der Waals surface area contributed by atoms with Crippen molar-refractivity contribution in [2.45, 2.75) is 0 Å². The number of nitrogens with one attached hydrogen (secondary N) is 1. The minimum absolute atomic E-state index is 0.113. The van der Waals surface area contributed by atoms with Crippen molar-refractivity contribution in [1.82, 2.24) is 9.55 Å². The Morgan fingerprint density at radius 3 is 2.43 bits per heavy atom. The lowest BCUT2D eigenvalue weighted by Crippen LogP contribution is -2.16. The first-order valence-electron chi connectivity index (χ1n) is 11.1. The molecule has 35 heavy (non-hydrogen) atoms. The van der Waals surface area contributed by atoms with Crippen LogP contribution in [0, 0.1) is 4.77 Å². The summed E-state index contributed by atoms with van der Waals surface area (Å²) in [6.07, 6.45) is 1.70. The number of aromatic nitrogens is 2. The van der Waals surface area contributed by atoms with Crippen LogP contribution in [0.4, 0.5) is 5.69 Å². The molecule has 5 nitrogen and oxygen atoms in total. The second kappa shape index (κ2) is 8.34. The Morgan fingerprint density at radius 1 is 0.857 bits per heavy atom. The summed E-state index contributed by atoms with van der Waals surface area (Å²) >= 11 is 5.48. The summed E-state index contributed by atoms with van der Waals surface area (Å²) < 4.78 is 1.63. The molecule has 0 unspecified atom stereocenters. The smallest absolute Gasteiger partial charge is 0.262 e. The Hall–Kier alpha value is -4.55. The van der Waals surface area contributed by atoms with E-state index in [0.717, 1.165) is 38.9 Å². The Bertz CT molecular complexity index is 1790. The highest BCUT2D eigenvalue weighted by Crippen LogP contribution is 2.38. The van der Waals surface area contributed by atoms with Crippen molar-refractivity contribution in [3.8, 4) is 11.6 Å². The van der Waals surface area contributed by atoms with E-state index in [1.807, 2.05) is 97.1 Å². The van der Waals surface area contributed by atoms with Crippen molar-refractivity contribution < 1.29 is 5.11 Å². The molecule has 6 rings (SSSR count). The van der Waals surface area contributed by atoms with Crippen LogP contribution in [0.1, 0.15) is 16.7 Å². The van der Waals surface area contributed by atoms with E-state index >= 15 is 0 Å². The molecule has 0 atom stereocenters. The van der Waals surface area contributed by atoms with Crippen molar-refractivity contribution in [3.63, 3.8) is 0 Å². The first-order chi connectivity index (χ1) is 17.1. The van der Waals surface area contributed by atoms with Gasteiger partial charge in [-0.05, 0) is 35.8 Å². The number of fused-ring (bicyclic) bond motifs is 2. The number of hydrogen-bond acceptors (Lipinski definition) is 4. The van der Waals surface area contributed by atoms with Gasteiger partial charge in [-0.3, -0.25) is 14.3 Å². The molecule has 0 spiro atoms. The van der Waals surface area contributed by atoms with E-state index in [9.17, 15) is 9.90 Å². The molecule has 0 amide bonds. The van der Waals surface area contributed by atoms with Gasteiger partial charge in [0.2, 0.25) is 5.88 Å². The monoisotopic (exact) mass is 473 g/mol. The van der Waals surface area contributed by atoms with Crippen LogP contribution in [-0.4, -0.2) is 20.4 Å². The van der Waals surface area contributed by atoms with Gasteiger partial charge in [-0.2, -0.15) is 0 Å². The highest BCUT2D eigenvalue weighted by atomic mass is 32.1. The van der Waals surface area contributed by atoms with Crippen LogP contribution < -0.4 is 5.56 Å². The Kier molecular flexibility index (Phi) is 5.01. The molecule has 4 aromatic carbocycles.